The molecule has 2 heteroatoms. The molecule has 0 aliphatic heterocycles. The van der Waals surface area contributed by atoms with Gasteiger partial charge < -0.3 is 5.73 Å². The van der Waals surface area contributed by atoms with Crippen LogP contribution in [0.1, 0.15) is 51.9 Å². The van der Waals surface area contributed by atoms with Crippen molar-refractivity contribution in [3.05, 3.63) is 0 Å². The molecule has 88 valence electrons. The van der Waals surface area contributed by atoms with Crippen LogP contribution >= 0.6 is 0 Å². The Kier molecular flexibility index (Phi) is 3.34. The molecule has 0 aromatic heterocycles. The molecule has 2 rings (SSSR count). The SMILES string of the molecule is CCC1CCCCC1C(F)(CN)C1CC1. The molecule has 2 fully saturated rings. The lowest BCUT2D eigenvalue weighted by Crippen LogP contribution is -2.47. The van der Waals surface area contributed by atoms with Gasteiger partial charge in [-0.3, -0.25) is 0 Å². The van der Waals surface area contributed by atoms with E-state index in [-0.39, 0.29) is 12.5 Å². The molecule has 0 radical (unpaired) electrons. The summed E-state index contributed by atoms with van der Waals surface area (Å²) in [4.78, 5) is 0. The van der Waals surface area contributed by atoms with Crippen molar-refractivity contribution in [1.29, 1.82) is 0 Å². The van der Waals surface area contributed by atoms with Gasteiger partial charge in [0.2, 0.25) is 0 Å². The van der Waals surface area contributed by atoms with Gasteiger partial charge in [0.15, 0.2) is 0 Å². The van der Waals surface area contributed by atoms with Crippen LogP contribution < -0.4 is 5.73 Å². The normalized spacial score (nSPS) is 36.2. The highest BCUT2D eigenvalue weighted by Crippen LogP contribution is 2.51. The second kappa shape index (κ2) is 4.40. The largest absolute Gasteiger partial charge is 0.328 e. The van der Waals surface area contributed by atoms with Crippen molar-refractivity contribution in [2.75, 3.05) is 6.54 Å². The van der Waals surface area contributed by atoms with Crippen LogP contribution in [0.3, 0.4) is 0 Å². The first-order valence-electron chi connectivity index (χ1n) is 6.61. The van der Waals surface area contributed by atoms with Gasteiger partial charge in [-0.1, -0.05) is 32.6 Å². The molecule has 2 aliphatic carbocycles. The molecule has 2 N–H and O–H groups in total. The van der Waals surface area contributed by atoms with E-state index in [4.69, 9.17) is 5.73 Å². The van der Waals surface area contributed by atoms with Gasteiger partial charge in [0.05, 0.1) is 0 Å². The molecule has 0 amide bonds. The molecule has 0 saturated heterocycles. The first-order chi connectivity index (χ1) is 7.22. The summed E-state index contributed by atoms with van der Waals surface area (Å²) < 4.78 is 14.9. The van der Waals surface area contributed by atoms with Crippen LogP contribution in [-0.2, 0) is 0 Å². The highest BCUT2D eigenvalue weighted by Gasteiger charge is 2.52. The molecule has 0 bridgehead atoms. The van der Waals surface area contributed by atoms with E-state index >= 15 is 0 Å². The van der Waals surface area contributed by atoms with Crippen molar-refractivity contribution in [1.82, 2.24) is 0 Å². The van der Waals surface area contributed by atoms with Gasteiger partial charge in [-0.2, -0.15) is 0 Å². The zero-order valence-corrected chi connectivity index (χ0v) is 9.84. The maximum Gasteiger partial charge on any atom is 0.129 e. The smallest absolute Gasteiger partial charge is 0.129 e. The maximum atomic E-state index is 14.9. The number of halogens is 1. The molecule has 15 heavy (non-hydrogen) atoms. The topological polar surface area (TPSA) is 26.0 Å². The molecule has 0 heterocycles. The molecule has 2 saturated carbocycles. The van der Waals surface area contributed by atoms with Crippen LogP contribution in [0.4, 0.5) is 4.39 Å². The second-order valence-electron chi connectivity index (χ2n) is 5.46. The minimum absolute atomic E-state index is 0.249. The van der Waals surface area contributed by atoms with Crippen molar-refractivity contribution >= 4 is 0 Å². The number of rotatable bonds is 4. The second-order valence-corrected chi connectivity index (χ2v) is 5.46. The fourth-order valence-electron chi connectivity index (χ4n) is 3.51. The van der Waals surface area contributed by atoms with Crippen molar-refractivity contribution in [3.8, 4) is 0 Å². The molecule has 2 aliphatic rings. The number of alkyl halides is 1. The third kappa shape index (κ3) is 2.06. The summed E-state index contributed by atoms with van der Waals surface area (Å²) in [5.41, 5.74) is 4.69. The molecular formula is C13H24FN. The third-order valence-corrected chi connectivity index (χ3v) is 4.62. The van der Waals surface area contributed by atoms with E-state index in [1.165, 1.54) is 19.3 Å². The Morgan fingerprint density at radius 2 is 1.87 bits per heavy atom. The Labute approximate surface area is 92.6 Å². The third-order valence-electron chi connectivity index (χ3n) is 4.62. The highest BCUT2D eigenvalue weighted by atomic mass is 19.1. The Bertz CT molecular complexity index is 215. The number of hydrogen-bond acceptors (Lipinski definition) is 1. The van der Waals surface area contributed by atoms with Gasteiger partial charge in [-0.15, -0.1) is 0 Å². The van der Waals surface area contributed by atoms with Crippen molar-refractivity contribution in [2.24, 2.45) is 23.5 Å². The van der Waals surface area contributed by atoms with Crippen LogP contribution in [0.2, 0.25) is 0 Å². The average molecular weight is 213 g/mol. The maximum absolute atomic E-state index is 14.9. The lowest BCUT2D eigenvalue weighted by molar-refractivity contribution is 0.00510. The van der Waals surface area contributed by atoms with Crippen molar-refractivity contribution in [3.63, 3.8) is 0 Å². The highest BCUT2D eigenvalue weighted by molar-refractivity contribution is 5.02. The summed E-state index contributed by atoms with van der Waals surface area (Å²) in [7, 11) is 0. The minimum Gasteiger partial charge on any atom is -0.328 e. The van der Waals surface area contributed by atoms with E-state index < -0.39 is 5.67 Å². The predicted octanol–water partition coefficient (Wildman–Crippen LogP) is 3.28. The molecule has 3 unspecified atom stereocenters. The summed E-state index contributed by atoms with van der Waals surface area (Å²) in [6.45, 7) is 2.45. The molecular weight excluding hydrogens is 189 g/mol. The van der Waals surface area contributed by atoms with Crippen LogP contribution in [0.5, 0.6) is 0 Å². The Morgan fingerprint density at radius 3 is 2.40 bits per heavy atom. The quantitative estimate of drug-likeness (QED) is 0.762. The zero-order valence-electron chi connectivity index (χ0n) is 9.84. The molecule has 0 aromatic rings. The molecule has 1 nitrogen and oxygen atoms in total. The lowest BCUT2D eigenvalue weighted by Gasteiger charge is -2.41. The van der Waals surface area contributed by atoms with Gasteiger partial charge in [0.1, 0.15) is 5.67 Å². The first kappa shape index (κ1) is 11.4. The van der Waals surface area contributed by atoms with Crippen molar-refractivity contribution in [2.45, 2.75) is 57.5 Å². The van der Waals surface area contributed by atoms with Crippen LogP contribution in [0.15, 0.2) is 0 Å². The summed E-state index contributed by atoms with van der Waals surface area (Å²) in [6.07, 6.45) is 8.06. The fraction of sp³-hybridized carbons (Fsp3) is 1.00. The lowest BCUT2D eigenvalue weighted by atomic mass is 9.68. The average Bonchev–Trinajstić information content (AvgIpc) is 3.12. The van der Waals surface area contributed by atoms with Gasteiger partial charge >= 0.3 is 0 Å². The standard InChI is InChI=1S/C13H24FN/c1-2-10-5-3-4-6-12(10)13(14,9-15)11-7-8-11/h10-12H,2-9,15H2,1H3. The van der Waals surface area contributed by atoms with Gasteiger partial charge in [-0.05, 0) is 37.0 Å². The van der Waals surface area contributed by atoms with Gasteiger partial charge in [0.25, 0.3) is 0 Å². The van der Waals surface area contributed by atoms with E-state index in [0.29, 0.717) is 11.8 Å². The summed E-state index contributed by atoms with van der Waals surface area (Å²) >= 11 is 0. The summed E-state index contributed by atoms with van der Waals surface area (Å²) in [5, 5.41) is 0. The predicted molar refractivity (Wildman–Crippen MR) is 61.4 cm³/mol. The van der Waals surface area contributed by atoms with E-state index in [0.717, 1.165) is 25.7 Å². The minimum atomic E-state index is -1.03. The Balaban J connectivity index is 2.10. The number of nitrogens with two attached hydrogens (primary N) is 1. The molecule has 3 atom stereocenters. The first-order valence-corrected chi connectivity index (χ1v) is 6.61. The Morgan fingerprint density at radius 1 is 1.20 bits per heavy atom. The van der Waals surface area contributed by atoms with E-state index in [9.17, 15) is 4.39 Å². The van der Waals surface area contributed by atoms with Gasteiger partial charge in [-0.25, -0.2) is 4.39 Å². The van der Waals surface area contributed by atoms with E-state index in [2.05, 4.69) is 6.92 Å². The summed E-state index contributed by atoms with van der Waals surface area (Å²) in [6, 6.07) is 0. The summed E-state index contributed by atoms with van der Waals surface area (Å²) in [5.74, 6) is 1.14. The van der Waals surface area contributed by atoms with Crippen LogP contribution in [-0.4, -0.2) is 12.2 Å². The molecule has 0 aromatic carbocycles. The van der Waals surface area contributed by atoms with Crippen LogP contribution in [0, 0.1) is 17.8 Å². The molecule has 0 spiro atoms. The monoisotopic (exact) mass is 213 g/mol. The van der Waals surface area contributed by atoms with Crippen molar-refractivity contribution < 1.29 is 4.39 Å². The fourth-order valence-corrected chi connectivity index (χ4v) is 3.51. The van der Waals surface area contributed by atoms with Crippen LogP contribution in [0.25, 0.3) is 0 Å². The number of hydrogen-bond donors (Lipinski definition) is 1. The zero-order chi connectivity index (χ0) is 10.9. The van der Waals surface area contributed by atoms with E-state index in [1.54, 1.807) is 0 Å². The Hall–Kier alpha value is -0.110. The van der Waals surface area contributed by atoms with Gasteiger partial charge in [0, 0.05) is 6.54 Å². The van der Waals surface area contributed by atoms with E-state index in [1.807, 2.05) is 0 Å².